The Morgan fingerprint density at radius 2 is 1.85 bits per heavy atom. The maximum absolute atomic E-state index is 10.2. The first-order valence-corrected chi connectivity index (χ1v) is 3.80. The minimum absolute atomic E-state index is 0.463. The van der Waals surface area contributed by atoms with Gasteiger partial charge in [0.05, 0.1) is 4.92 Å². The third-order valence-corrected chi connectivity index (χ3v) is 1.30. The number of likely N-dealkylation sites (N-methyl/N-ethyl adjacent to an activating group) is 1. The average molecular weight is 185 g/mol. The van der Waals surface area contributed by atoms with Crippen molar-refractivity contribution in [3.8, 4) is 0 Å². The van der Waals surface area contributed by atoms with E-state index in [0.717, 1.165) is 6.20 Å². The van der Waals surface area contributed by atoms with Gasteiger partial charge in [0.15, 0.2) is 0 Å². The van der Waals surface area contributed by atoms with Gasteiger partial charge in [0.25, 0.3) is 6.20 Å². The van der Waals surface area contributed by atoms with E-state index in [2.05, 4.69) is 0 Å². The highest BCUT2D eigenvalue weighted by molar-refractivity contribution is 5.13. The topological polar surface area (TPSA) is 49.6 Å². The number of hydrogen-bond acceptors (Lipinski definition) is 4. The highest BCUT2D eigenvalue weighted by atomic mass is 16.6. The van der Waals surface area contributed by atoms with Gasteiger partial charge in [-0.15, -0.1) is 0 Å². The van der Waals surface area contributed by atoms with Crippen LogP contribution in [0, 0.1) is 10.1 Å². The van der Waals surface area contributed by atoms with Gasteiger partial charge in [0, 0.05) is 34.4 Å². The van der Waals surface area contributed by atoms with Crippen LogP contribution in [0.1, 0.15) is 0 Å². The summed E-state index contributed by atoms with van der Waals surface area (Å²) in [5, 5.41) is 10.2. The Bertz CT molecular complexity index is 232. The van der Waals surface area contributed by atoms with Crippen LogP contribution in [-0.2, 0) is 0 Å². The first-order valence-electron chi connectivity index (χ1n) is 3.80. The molecule has 0 aromatic rings. The molecule has 0 aliphatic carbocycles. The highest BCUT2D eigenvalue weighted by Crippen LogP contribution is 2.00. The van der Waals surface area contributed by atoms with Crippen LogP contribution in [0.15, 0.2) is 24.2 Å². The molecule has 0 radical (unpaired) electrons. The van der Waals surface area contributed by atoms with E-state index >= 15 is 0 Å². The number of hydrogen-bond donors (Lipinski definition) is 0. The largest absolute Gasteiger partial charge is 0.383 e. The summed E-state index contributed by atoms with van der Waals surface area (Å²) in [6.07, 6.45) is 4.41. The molecular formula is C8H15N3O2. The second kappa shape index (κ2) is 5.18. The molecule has 0 aliphatic heterocycles. The number of allylic oxidation sites excluding steroid dienone is 1. The molecule has 0 N–H and O–H groups in total. The third-order valence-electron chi connectivity index (χ3n) is 1.30. The van der Waals surface area contributed by atoms with Crippen LogP contribution in [0.5, 0.6) is 0 Å². The number of nitrogens with zero attached hydrogens (tertiary/aromatic N) is 3. The van der Waals surface area contributed by atoms with Crippen molar-refractivity contribution in [1.82, 2.24) is 9.80 Å². The van der Waals surface area contributed by atoms with Crippen LogP contribution in [0.25, 0.3) is 0 Å². The monoisotopic (exact) mass is 185 g/mol. The molecule has 0 saturated heterocycles. The van der Waals surface area contributed by atoms with E-state index in [1.54, 1.807) is 31.3 Å². The summed E-state index contributed by atoms with van der Waals surface area (Å²) in [4.78, 5) is 13.3. The molecule has 0 unspecified atom stereocenters. The van der Waals surface area contributed by atoms with Crippen molar-refractivity contribution >= 4 is 0 Å². The predicted octanol–water partition coefficient (Wildman–Crippen LogP) is 0.741. The van der Waals surface area contributed by atoms with E-state index in [1.165, 1.54) is 0 Å². The molecule has 5 heteroatoms. The normalized spacial score (nSPS) is 11.8. The zero-order valence-corrected chi connectivity index (χ0v) is 8.39. The van der Waals surface area contributed by atoms with Gasteiger partial charge in [-0.05, 0) is 6.08 Å². The Labute approximate surface area is 78.1 Å². The van der Waals surface area contributed by atoms with Crippen molar-refractivity contribution in [2.45, 2.75) is 0 Å². The van der Waals surface area contributed by atoms with E-state index < -0.39 is 4.92 Å². The summed E-state index contributed by atoms with van der Waals surface area (Å²) < 4.78 is 0. The van der Waals surface area contributed by atoms with E-state index in [9.17, 15) is 10.1 Å². The Balaban J connectivity index is 4.54. The van der Waals surface area contributed by atoms with Gasteiger partial charge < -0.3 is 9.80 Å². The molecule has 0 amide bonds. The number of rotatable bonds is 4. The molecule has 13 heavy (non-hydrogen) atoms. The Morgan fingerprint density at radius 3 is 2.15 bits per heavy atom. The minimum atomic E-state index is -0.463. The molecule has 0 aromatic carbocycles. The quantitative estimate of drug-likeness (QED) is 0.368. The maximum Gasteiger partial charge on any atom is 0.257 e. The van der Waals surface area contributed by atoms with Crippen LogP contribution >= 0.6 is 0 Å². The fourth-order valence-electron chi connectivity index (χ4n) is 0.641. The molecule has 0 bridgehead atoms. The molecular weight excluding hydrogens is 170 g/mol. The molecule has 0 fully saturated rings. The van der Waals surface area contributed by atoms with Gasteiger partial charge in [0.1, 0.15) is 5.70 Å². The van der Waals surface area contributed by atoms with Crippen molar-refractivity contribution in [2.24, 2.45) is 0 Å². The van der Waals surface area contributed by atoms with Crippen molar-refractivity contribution in [2.75, 3.05) is 28.2 Å². The van der Waals surface area contributed by atoms with Gasteiger partial charge in [-0.2, -0.15) is 0 Å². The standard InChI is InChI=1S/C8H15N3O2/c1-9(2)6-5-8(10(3)4)7-11(12)13/h5-7H,1-4H3. The molecule has 74 valence electrons. The fraction of sp³-hybridized carbons (Fsp3) is 0.500. The van der Waals surface area contributed by atoms with Crippen LogP contribution < -0.4 is 0 Å². The summed E-state index contributed by atoms with van der Waals surface area (Å²) in [7, 11) is 7.23. The molecule has 5 nitrogen and oxygen atoms in total. The zero-order chi connectivity index (χ0) is 10.4. The second-order valence-electron chi connectivity index (χ2n) is 3.01. The van der Waals surface area contributed by atoms with Crippen LogP contribution in [0.4, 0.5) is 0 Å². The summed E-state index contributed by atoms with van der Waals surface area (Å²) in [6, 6.07) is 0. The summed E-state index contributed by atoms with van der Waals surface area (Å²) in [6.45, 7) is 0. The summed E-state index contributed by atoms with van der Waals surface area (Å²) in [5.41, 5.74) is 0.554. The molecule has 0 spiro atoms. The van der Waals surface area contributed by atoms with Gasteiger partial charge in [-0.3, -0.25) is 10.1 Å². The van der Waals surface area contributed by atoms with Crippen molar-refractivity contribution in [3.63, 3.8) is 0 Å². The van der Waals surface area contributed by atoms with Gasteiger partial charge in [-0.25, -0.2) is 0 Å². The molecule has 0 aliphatic rings. The van der Waals surface area contributed by atoms with Crippen LogP contribution in [0.3, 0.4) is 0 Å². The van der Waals surface area contributed by atoms with Crippen molar-refractivity contribution in [1.29, 1.82) is 0 Å². The smallest absolute Gasteiger partial charge is 0.257 e. The summed E-state index contributed by atoms with van der Waals surface area (Å²) >= 11 is 0. The molecule has 0 saturated carbocycles. The lowest BCUT2D eigenvalue weighted by atomic mass is 10.4. The second-order valence-corrected chi connectivity index (χ2v) is 3.01. The fourth-order valence-corrected chi connectivity index (χ4v) is 0.641. The Hall–Kier alpha value is -1.52. The number of nitro groups is 1. The molecule has 0 aromatic heterocycles. The lowest BCUT2D eigenvalue weighted by Gasteiger charge is -2.11. The zero-order valence-electron chi connectivity index (χ0n) is 8.39. The lowest BCUT2D eigenvalue weighted by molar-refractivity contribution is -0.404. The van der Waals surface area contributed by atoms with Gasteiger partial charge in [-0.1, -0.05) is 0 Å². The third kappa shape index (κ3) is 5.72. The lowest BCUT2D eigenvalue weighted by Crippen LogP contribution is -2.12. The molecule has 0 rings (SSSR count). The van der Waals surface area contributed by atoms with Crippen LogP contribution in [-0.4, -0.2) is 42.9 Å². The first-order chi connectivity index (χ1) is 5.93. The van der Waals surface area contributed by atoms with Gasteiger partial charge >= 0.3 is 0 Å². The minimum Gasteiger partial charge on any atom is -0.383 e. The predicted molar refractivity (Wildman–Crippen MR) is 51.6 cm³/mol. The Morgan fingerprint density at radius 1 is 1.31 bits per heavy atom. The molecule has 0 atom stereocenters. The Kier molecular flexibility index (Phi) is 4.58. The summed E-state index contributed by atoms with van der Waals surface area (Å²) in [5.74, 6) is 0. The molecule has 0 heterocycles. The van der Waals surface area contributed by atoms with Crippen molar-refractivity contribution < 1.29 is 4.92 Å². The van der Waals surface area contributed by atoms with Gasteiger partial charge in [0.2, 0.25) is 0 Å². The van der Waals surface area contributed by atoms with Crippen molar-refractivity contribution in [3.05, 3.63) is 34.3 Å². The first kappa shape index (κ1) is 11.5. The SMILES string of the molecule is CN(C)C=CC(=C[N+](=O)[O-])N(C)C. The van der Waals surface area contributed by atoms with E-state index in [-0.39, 0.29) is 0 Å². The highest BCUT2D eigenvalue weighted by Gasteiger charge is 2.00. The van der Waals surface area contributed by atoms with E-state index in [1.807, 2.05) is 19.0 Å². The van der Waals surface area contributed by atoms with Crippen LogP contribution in [0.2, 0.25) is 0 Å². The van der Waals surface area contributed by atoms with E-state index in [0.29, 0.717) is 5.70 Å². The maximum atomic E-state index is 10.2. The average Bonchev–Trinajstić information content (AvgIpc) is 1.96. The van der Waals surface area contributed by atoms with E-state index in [4.69, 9.17) is 0 Å².